The summed E-state index contributed by atoms with van der Waals surface area (Å²) in [5.41, 5.74) is 3.13. The Labute approximate surface area is 181 Å². The first-order chi connectivity index (χ1) is 14.4. The Morgan fingerprint density at radius 3 is 2.53 bits per heavy atom. The zero-order valence-corrected chi connectivity index (χ0v) is 17.7. The molecule has 0 heterocycles. The molecule has 1 aliphatic carbocycles. The van der Waals surface area contributed by atoms with Crippen molar-refractivity contribution in [3.8, 4) is 0 Å². The van der Waals surface area contributed by atoms with E-state index in [9.17, 15) is 13.2 Å². The van der Waals surface area contributed by atoms with E-state index < -0.39 is 10.0 Å². The molecule has 0 aromatic heterocycles. The number of aryl methyl sites for hydroxylation is 1. The highest BCUT2D eigenvalue weighted by molar-refractivity contribution is 7.92. The van der Waals surface area contributed by atoms with Crippen molar-refractivity contribution >= 4 is 33.2 Å². The molecule has 0 aliphatic heterocycles. The molecule has 5 nitrogen and oxygen atoms in total. The first-order valence-electron chi connectivity index (χ1n) is 9.69. The van der Waals surface area contributed by atoms with Gasteiger partial charge in [-0.3, -0.25) is 9.52 Å². The van der Waals surface area contributed by atoms with Crippen molar-refractivity contribution in [3.05, 3.63) is 94.5 Å². The maximum absolute atomic E-state index is 12.8. The Balaban J connectivity index is 1.51. The summed E-state index contributed by atoms with van der Waals surface area (Å²) >= 11 is 5.83. The summed E-state index contributed by atoms with van der Waals surface area (Å²) in [6.07, 6.45) is 2.92. The minimum absolute atomic E-state index is 0.0446. The summed E-state index contributed by atoms with van der Waals surface area (Å²) in [5.74, 6) is -0.232. The van der Waals surface area contributed by atoms with Crippen molar-refractivity contribution in [1.82, 2.24) is 5.32 Å². The highest BCUT2D eigenvalue weighted by atomic mass is 35.5. The maximum atomic E-state index is 12.8. The van der Waals surface area contributed by atoms with E-state index >= 15 is 0 Å². The van der Waals surface area contributed by atoms with E-state index in [1.165, 1.54) is 35.9 Å². The largest absolute Gasteiger partial charge is 0.345 e. The Morgan fingerprint density at radius 2 is 1.73 bits per heavy atom. The second-order valence-corrected chi connectivity index (χ2v) is 9.38. The topological polar surface area (TPSA) is 75.3 Å². The van der Waals surface area contributed by atoms with Gasteiger partial charge in [-0.2, -0.15) is 0 Å². The minimum Gasteiger partial charge on any atom is -0.345 e. The summed E-state index contributed by atoms with van der Waals surface area (Å²) in [6.45, 7) is 0. The van der Waals surface area contributed by atoms with Crippen molar-refractivity contribution in [2.24, 2.45) is 0 Å². The van der Waals surface area contributed by atoms with Gasteiger partial charge in [-0.05, 0) is 72.9 Å². The number of carbonyl (C=O) groups excluding carboxylic acids is 1. The Morgan fingerprint density at radius 1 is 0.967 bits per heavy atom. The molecule has 1 aliphatic rings. The van der Waals surface area contributed by atoms with Crippen molar-refractivity contribution in [1.29, 1.82) is 0 Å². The van der Waals surface area contributed by atoms with Gasteiger partial charge in [0, 0.05) is 16.3 Å². The molecule has 0 radical (unpaired) electrons. The lowest BCUT2D eigenvalue weighted by Gasteiger charge is -2.26. The smallest absolute Gasteiger partial charge is 0.261 e. The SMILES string of the molecule is O=C(N[C@@H]1CCCc2ccccc21)c1cccc(NS(=O)(=O)c2ccc(Cl)cc2)c1. The van der Waals surface area contributed by atoms with Crippen LogP contribution in [0, 0.1) is 0 Å². The summed E-state index contributed by atoms with van der Waals surface area (Å²) in [5, 5.41) is 3.54. The third kappa shape index (κ3) is 4.50. The van der Waals surface area contributed by atoms with E-state index in [0.717, 1.165) is 24.8 Å². The first-order valence-corrected chi connectivity index (χ1v) is 11.6. The molecular weight excluding hydrogens is 420 g/mol. The molecule has 4 rings (SSSR count). The second kappa shape index (κ2) is 8.50. The fourth-order valence-corrected chi connectivity index (χ4v) is 4.87. The fourth-order valence-electron chi connectivity index (χ4n) is 3.70. The highest BCUT2D eigenvalue weighted by Crippen LogP contribution is 2.30. The number of halogens is 1. The Hall–Kier alpha value is -2.83. The summed E-state index contributed by atoms with van der Waals surface area (Å²) in [4.78, 5) is 12.9. The van der Waals surface area contributed by atoms with Crippen LogP contribution in [0.25, 0.3) is 0 Å². The van der Waals surface area contributed by atoms with Gasteiger partial charge >= 0.3 is 0 Å². The van der Waals surface area contributed by atoms with Gasteiger partial charge in [0.15, 0.2) is 0 Å². The molecule has 1 amide bonds. The molecule has 0 unspecified atom stereocenters. The van der Waals surface area contributed by atoms with Crippen LogP contribution in [-0.2, 0) is 16.4 Å². The van der Waals surface area contributed by atoms with E-state index in [0.29, 0.717) is 16.3 Å². The quantitative estimate of drug-likeness (QED) is 0.589. The van der Waals surface area contributed by atoms with Crippen LogP contribution in [0.2, 0.25) is 5.02 Å². The van der Waals surface area contributed by atoms with Crippen LogP contribution in [0.4, 0.5) is 5.69 Å². The molecule has 3 aromatic carbocycles. The molecule has 0 saturated heterocycles. The number of anilines is 1. The number of amides is 1. The molecule has 0 spiro atoms. The van der Waals surface area contributed by atoms with Crippen LogP contribution in [-0.4, -0.2) is 14.3 Å². The molecule has 0 fully saturated rings. The van der Waals surface area contributed by atoms with E-state index in [1.807, 2.05) is 12.1 Å². The number of benzene rings is 3. The minimum atomic E-state index is -3.78. The van der Waals surface area contributed by atoms with Crippen LogP contribution in [0.15, 0.2) is 77.7 Å². The van der Waals surface area contributed by atoms with Crippen LogP contribution in [0.3, 0.4) is 0 Å². The molecule has 0 bridgehead atoms. The summed E-state index contributed by atoms with van der Waals surface area (Å²) in [7, 11) is -3.78. The number of carbonyl (C=O) groups is 1. The van der Waals surface area contributed by atoms with Crippen molar-refractivity contribution < 1.29 is 13.2 Å². The lowest BCUT2D eigenvalue weighted by atomic mass is 9.87. The normalized spacial score (nSPS) is 15.8. The number of rotatable bonds is 5. The van der Waals surface area contributed by atoms with Gasteiger partial charge in [-0.25, -0.2) is 8.42 Å². The number of nitrogens with one attached hydrogen (secondary N) is 2. The number of hydrogen-bond donors (Lipinski definition) is 2. The van der Waals surface area contributed by atoms with Gasteiger partial charge in [0.25, 0.3) is 15.9 Å². The fraction of sp³-hybridized carbons (Fsp3) is 0.174. The van der Waals surface area contributed by atoms with Crippen LogP contribution >= 0.6 is 11.6 Å². The van der Waals surface area contributed by atoms with Gasteiger partial charge in [0.2, 0.25) is 0 Å². The molecule has 2 N–H and O–H groups in total. The van der Waals surface area contributed by atoms with Crippen LogP contribution in [0.1, 0.15) is 40.4 Å². The highest BCUT2D eigenvalue weighted by Gasteiger charge is 2.22. The molecular formula is C23H21ClN2O3S. The number of sulfonamides is 1. The van der Waals surface area contributed by atoms with Gasteiger partial charge < -0.3 is 5.32 Å². The van der Waals surface area contributed by atoms with Gasteiger partial charge in [-0.15, -0.1) is 0 Å². The number of fused-ring (bicyclic) bond motifs is 1. The number of hydrogen-bond acceptors (Lipinski definition) is 3. The monoisotopic (exact) mass is 440 g/mol. The third-order valence-corrected chi connectivity index (χ3v) is 6.82. The van der Waals surface area contributed by atoms with Crippen molar-refractivity contribution in [2.45, 2.75) is 30.2 Å². The van der Waals surface area contributed by atoms with E-state index in [4.69, 9.17) is 11.6 Å². The van der Waals surface area contributed by atoms with E-state index in [-0.39, 0.29) is 16.8 Å². The molecule has 154 valence electrons. The average molecular weight is 441 g/mol. The van der Waals surface area contributed by atoms with Gasteiger partial charge in [0.1, 0.15) is 0 Å². The predicted molar refractivity (Wildman–Crippen MR) is 118 cm³/mol. The first kappa shape index (κ1) is 20.4. The lowest BCUT2D eigenvalue weighted by molar-refractivity contribution is 0.0932. The maximum Gasteiger partial charge on any atom is 0.261 e. The predicted octanol–water partition coefficient (Wildman–Crippen LogP) is 4.95. The van der Waals surface area contributed by atoms with Crippen molar-refractivity contribution in [3.63, 3.8) is 0 Å². The Bertz CT molecular complexity index is 1180. The summed E-state index contributed by atoms with van der Waals surface area (Å²) < 4.78 is 27.7. The summed E-state index contributed by atoms with van der Waals surface area (Å²) in [6, 6.07) is 20.5. The average Bonchev–Trinajstić information content (AvgIpc) is 2.74. The van der Waals surface area contributed by atoms with E-state index in [1.54, 1.807) is 18.2 Å². The molecule has 1 atom stereocenters. The molecule has 3 aromatic rings. The second-order valence-electron chi connectivity index (χ2n) is 7.26. The Kier molecular flexibility index (Phi) is 5.79. The van der Waals surface area contributed by atoms with Crippen molar-refractivity contribution in [2.75, 3.05) is 4.72 Å². The van der Waals surface area contributed by atoms with Crippen LogP contribution in [0.5, 0.6) is 0 Å². The van der Waals surface area contributed by atoms with Gasteiger partial charge in [0.05, 0.1) is 10.9 Å². The molecule has 0 saturated carbocycles. The zero-order chi connectivity index (χ0) is 21.1. The third-order valence-electron chi connectivity index (χ3n) is 5.18. The van der Waals surface area contributed by atoms with Gasteiger partial charge in [-0.1, -0.05) is 41.9 Å². The molecule has 7 heteroatoms. The van der Waals surface area contributed by atoms with E-state index in [2.05, 4.69) is 22.2 Å². The standard InChI is InChI=1S/C23H21ClN2O3S/c24-18-11-13-20(14-12-18)30(28,29)26-19-8-3-7-17(15-19)23(27)25-22-10-4-6-16-5-1-2-9-21(16)22/h1-3,5,7-9,11-15,22,26H,4,6,10H2,(H,25,27)/t22-/m1/s1. The zero-order valence-electron chi connectivity index (χ0n) is 16.1. The van der Waals surface area contributed by atoms with Crippen LogP contribution < -0.4 is 10.0 Å². The molecule has 30 heavy (non-hydrogen) atoms. The lowest BCUT2D eigenvalue weighted by Crippen LogP contribution is -2.31.